The summed E-state index contributed by atoms with van der Waals surface area (Å²) in [7, 11) is 0. The van der Waals surface area contributed by atoms with Gasteiger partial charge in [-0.3, -0.25) is 19.3 Å². The normalized spacial score (nSPS) is 16.0. The first kappa shape index (κ1) is 16.7. The van der Waals surface area contributed by atoms with E-state index in [1.54, 1.807) is 49.4 Å². The lowest BCUT2D eigenvalue weighted by atomic mass is 10.1. The molecule has 0 aliphatic carbocycles. The topological polar surface area (TPSA) is 75.7 Å². The molecule has 0 aromatic heterocycles. The highest BCUT2D eigenvalue weighted by Gasteiger charge is 2.32. The summed E-state index contributed by atoms with van der Waals surface area (Å²) in [6.45, 7) is 3.03. The molecule has 6 heteroatoms. The molecule has 1 aliphatic heterocycles. The van der Waals surface area contributed by atoms with Gasteiger partial charge >= 0.3 is 0 Å². The number of Topliss-reactive ketones (excluding diaryl/α,β-unsaturated/α-hetero) is 1. The van der Waals surface area contributed by atoms with Crippen molar-refractivity contribution in [2.24, 2.45) is 0 Å². The smallest absolute Gasteiger partial charge is 0.268 e. The van der Waals surface area contributed by atoms with Crippen LogP contribution in [0.4, 0.5) is 11.4 Å². The summed E-state index contributed by atoms with van der Waals surface area (Å²) < 4.78 is 5.55. The summed E-state index contributed by atoms with van der Waals surface area (Å²) in [5, 5.41) is 2.74. The molecule has 3 rings (SSSR count). The van der Waals surface area contributed by atoms with Crippen LogP contribution in [0.2, 0.25) is 0 Å². The molecule has 1 atom stereocenters. The fraction of sp³-hybridized carbons (Fsp3) is 0.211. The summed E-state index contributed by atoms with van der Waals surface area (Å²) in [6.07, 6.45) is -0.641. The largest absolute Gasteiger partial charge is 0.479 e. The minimum atomic E-state index is -0.641. The molecule has 2 amide bonds. The number of anilines is 2. The molecule has 128 valence electrons. The van der Waals surface area contributed by atoms with Crippen molar-refractivity contribution >= 4 is 29.0 Å². The molecular formula is C19H18N2O4. The number of rotatable bonds is 4. The van der Waals surface area contributed by atoms with Crippen LogP contribution in [0.25, 0.3) is 0 Å². The van der Waals surface area contributed by atoms with Crippen LogP contribution in [0, 0.1) is 0 Å². The van der Waals surface area contributed by atoms with E-state index in [2.05, 4.69) is 5.32 Å². The van der Waals surface area contributed by atoms with Crippen LogP contribution in [-0.2, 0) is 9.59 Å². The van der Waals surface area contributed by atoms with Crippen LogP contribution >= 0.6 is 0 Å². The predicted molar refractivity (Wildman–Crippen MR) is 94.0 cm³/mol. The van der Waals surface area contributed by atoms with Crippen molar-refractivity contribution in [3.05, 3.63) is 54.1 Å². The first-order valence-electron chi connectivity index (χ1n) is 7.93. The van der Waals surface area contributed by atoms with Gasteiger partial charge in [0, 0.05) is 11.3 Å². The van der Waals surface area contributed by atoms with Gasteiger partial charge in [-0.2, -0.15) is 0 Å². The number of para-hydroxylation sites is 2. The van der Waals surface area contributed by atoms with Gasteiger partial charge in [-0.1, -0.05) is 12.1 Å². The van der Waals surface area contributed by atoms with Crippen molar-refractivity contribution in [1.29, 1.82) is 0 Å². The first-order valence-corrected chi connectivity index (χ1v) is 7.93. The molecule has 1 heterocycles. The quantitative estimate of drug-likeness (QED) is 0.870. The van der Waals surface area contributed by atoms with Gasteiger partial charge in [-0.15, -0.1) is 0 Å². The number of fused-ring (bicyclic) bond motifs is 1. The number of carbonyl (C=O) groups is 3. The second-order valence-electron chi connectivity index (χ2n) is 5.83. The minimum Gasteiger partial charge on any atom is -0.479 e. The number of hydrogen-bond acceptors (Lipinski definition) is 4. The maximum absolute atomic E-state index is 12.4. The molecule has 0 saturated heterocycles. The highest BCUT2D eigenvalue weighted by molar-refractivity contribution is 6.06. The Labute approximate surface area is 145 Å². The van der Waals surface area contributed by atoms with Crippen LogP contribution in [-0.4, -0.2) is 30.2 Å². The molecule has 6 nitrogen and oxygen atoms in total. The second kappa shape index (κ2) is 6.76. The maximum atomic E-state index is 12.4. The highest BCUT2D eigenvalue weighted by Crippen LogP contribution is 2.33. The number of nitrogens with zero attached hydrogens (tertiary/aromatic N) is 1. The Morgan fingerprint density at radius 3 is 2.48 bits per heavy atom. The third-order valence-electron chi connectivity index (χ3n) is 3.95. The molecule has 1 aliphatic rings. The third kappa shape index (κ3) is 3.52. The van der Waals surface area contributed by atoms with Gasteiger partial charge in [-0.25, -0.2) is 0 Å². The molecule has 0 bridgehead atoms. The van der Waals surface area contributed by atoms with Crippen molar-refractivity contribution in [2.45, 2.75) is 20.0 Å². The van der Waals surface area contributed by atoms with Gasteiger partial charge in [-0.05, 0) is 50.2 Å². The van der Waals surface area contributed by atoms with E-state index in [0.29, 0.717) is 22.7 Å². The van der Waals surface area contributed by atoms with E-state index in [1.807, 2.05) is 6.07 Å². The molecule has 0 spiro atoms. The third-order valence-corrected chi connectivity index (χ3v) is 3.95. The van der Waals surface area contributed by atoms with E-state index in [-0.39, 0.29) is 24.1 Å². The Morgan fingerprint density at radius 1 is 1.12 bits per heavy atom. The van der Waals surface area contributed by atoms with Crippen LogP contribution in [0.3, 0.4) is 0 Å². The number of ether oxygens (including phenoxy) is 1. The predicted octanol–water partition coefficient (Wildman–Crippen LogP) is 2.64. The van der Waals surface area contributed by atoms with Gasteiger partial charge in [0.1, 0.15) is 12.3 Å². The summed E-state index contributed by atoms with van der Waals surface area (Å²) in [6, 6.07) is 13.7. The van der Waals surface area contributed by atoms with Gasteiger partial charge < -0.3 is 10.1 Å². The number of ketones is 1. The summed E-state index contributed by atoms with van der Waals surface area (Å²) in [4.78, 5) is 37.4. The molecule has 0 fully saturated rings. The Balaban J connectivity index is 1.74. The van der Waals surface area contributed by atoms with Crippen molar-refractivity contribution in [3.63, 3.8) is 0 Å². The number of amides is 2. The van der Waals surface area contributed by atoms with Gasteiger partial charge in [0.2, 0.25) is 5.91 Å². The number of benzene rings is 2. The van der Waals surface area contributed by atoms with Crippen molar-refractivity contribution < 1.29 is 19.1 Å². The first-order chi connectivity index (χ1) is 12.0. The Morgan fingerprint density at radius 2 is 1.80 bits per heavy atom. The lowest BCUT2D eigenvalue weighted by molar-refractivity contribution is -0.127. The van der Waals surface area contributed by atoms with E-state index in [9.17, 15) is 14.4 Å². The lowest BCUT2D eigenvalue weighted by Gasteiger charge is -2.32. The van der Waals surface area contributed by atoms with E-state index in [1.165, 1.54) is 11.8 Å². The van der Waals surface area contributed by atoms with Gasteiger partial charge in [0.05, 0.1) is 5.69 Å². The minimum absolute atomic E-state index is 0.0395. The zero-order valence-corrected chi connectivity index (χ0v) is 14.0. The average molecular weight is 338 g/mol. The molecule has 1 N–H and O–H groups in total. The molecule has 0 radical (unpaired) electrons. The van der Waals surface area contributed by atoms with Crippen LogP contribution < -0.4 is 15.0 Å². The standard InChI is InChI=1S/C19H18N2O4/c1-12(22)14-7-9-15(10-8-14)20-18(23)11-21-16-5-3-4-6-17(16)25-13(2)19(21)24/h3-10,13H,11H2,1-2H3,(H,20,23)/t13-/m0/s1. The Hall–Kier alpha value is -3.15. The lowest BCUT2D eigenvalue weighted by Crippen LogP contribution is -2.47. The summed E-state index contributed by atoms with van der Waals surface area (Å²) >= 11 is 0. The van der Waals surface area contributed by atoms with Crippen molar-refractivity contribution in [1.82, 2.24) is 0 Å². The van der Waals surface area contributed by atoms with Crippen LogP contribution in [0.1, 0.15) is 24.2 Å². The summed E-state index contributed by atoms with van der Waals surface area (Å²) in [5.74, 6) is -0.0517. The summed E-state index contributed by atoms with van der Waals surface area (Å²) in [5.41, 5.74) is 1.72. The zero-order chi connectivity index (χ0) is 18.0. The molecular weight excluding hydrogens is 320 g/mol. The second-order valence-corrected chi connectivity index (χ2v) is 5.83. The number of hydrogen-bond donors (Lipinski definition) is 1. The Bertz CT molecular complexity index is 830. The van der Waals surface area contributed by atoms with E-state index >= 15 is 0 Å². The van der Waals surface area contributed by atoms with Crippen LogP contribution in [0.15, 0.2) is 48.5 Å². The molecule has 0 saturated carbocycles. The van der Waals surface area contributed by atoms with Crippen LogP contribution in [0.5, 0.6) is 5.75 Å². The number of carbonyl (C=O) groups excluding carboxylic acids is 3. The van der Waals surface area contributed by atoms with Crippen molar-refractivity contribution in [3.8, 4) is 5.75 Å². The molecule has 0 unspecified atom stereocenters. The Kier molecular flexibility index (Phi) is 4.52. The zero-order valence-electron chi connectivity index (χ0n) is 14.0. The van der Waals surface area contributed by atoms with Crippen molar-refractivity contribution in [2.75, 3.05) is 16.8 Å². The SMILES string of the molecule is CC(=O)c1ccc(NC(=O)CN2C(=O)[C@H](C)Oc3ccccc32)cc1. The van der Waals surface area contributed by atoms with E-state index in [0.717, 1.165) is 0 Å². The molecule has 25 heavy (non-hydrogen) atoms. The van der Waals surface area contributed by atoms with Gasteiger partial charge in [0.15, 0.2) is 11.9 Å². The average Bonchev–Trinajstić information content (AvgIpc) is 2.59. The highest BCUT2D eigenvalue weighted by atomic mass is 16.5. The van der Waals surface area contributed by atoms with E-state index in [4.69, 9.17) is 4.74 Å². The monoisotopic (exact) mass is 338 g/mol. The molecule has 2 aromatic carbocycles. The fourth-order valence-corrected chi connectivity index (χ4v) is 2.65. The number of nitrogens with one attached hydrogen (secondary N) is 1. The van der Waals surface area contributed by atoms with E-state index < -0.39 is 6.10 Å². The maximum Gasteiger partial charge on any atom is 0.268 e. The fourth-order valence-electron chi connectivity index (χ4n) is 2.65. The van der Waals surface area contributed by atoms with Gasteiger partial charge in [0.25, 0.3) is 5.91 Å². The molecule has 2 aromatic rings.